The molecule has 104 valence electrons. The van der Waals surface area contributed by atoms with Gasteiger partial charge in [0, 0.05) is 25.4 Å². The molecule has 1 aliphatic heterocycles. The van der Waals surface area contributed by atoms with Crippen LogP contribution in [0.4, 0.5) is 5.69 Å². The van der Waals surface area contributed by atoms with Crippen molar-refractivity contribution >= 4 is 17.3 Å². The van der Waals surface area contributed by atoms with Gasteiger partial charge in [-0.05, 0) is 30.5 Å². The van der Waals surface area contributed by atoms with Gasteiger partial charge in [0.1, 0.15) is 5.15 Å². The standard InChI is InChI=1S/C14H15ClN4O/c15-13-7-11(3-4-16-13)10-19-14(20)8-12(9-17-19)18-5-1-2-6-18/h3-4,7-9H,1-2,5-6,10H2. The summed E-state index contributed by atoms with van der Waals surface area (Å²) in [7, 11) is 0. The van der Waals surface area contributed by atoms with Gasteiger partial charge in [0.05, 0.1) is 18.4 Å². The molecule has 0 spiro atoms. The van der Waals surface area contributed by atoms with Crippen LogP contribution in [-0.2, 0) is 6.54 Å². The molecular weight excluding hydrogens is 276 g/mol. The summed E-state index contributed by atoms with van der Waals surface area (Å²) in [5, 5.41) is 4.67. The Morgan fingerprint density at radius 2 is 2.05 bits per heavy atom. The lowest BCUT2D eigenvalue weighted by atomic mass is 10.3. The molecule has 20 heavy (non-hydrogen) atoms. The van der Waals surface area contributed by atoms with Gasteiger partial charge in [0.2, 0.25) is 0 Å². The van der Waals surface area contributed by atoms with Gasteiger partial charge < -0.3 is 4.90 Å². The van der Waals surface area contributed by atoms with E-state index < -0.39 is 0 Å². The van der Waals surface area contributed by atoms with Gasteiger partial charge in [-0.1, -0.05) is 11.6 Å². The minimum atomic E-state index is -0.0951. The van der Waals surface area contributed by atoms with Crippen LogP contribution in [0.15, 0.2) is 35.4 Å². The topological polar surface area (TPSA) is 51.0 Å². The minimum Gasteiger partial charge on any atom is -0.370 e. The smallest absolute Gasteiger partial charge is 0.269 e. The van der Waals surface area contributed by atoms with Crippen LogP contribution < -0.4 is 10.5 Å². The summed E-state index contributed by atoms with van der Waals surface area (Å²) in [6, 6.07) is 5.22. The summed E-state index contributed by atoms with van der Waals surface area (Å²) in [5.41, 5.74) is 1.73. The van der Waals surface area contributed by atoms with Crippen LogP contribution in [0, 0.1) is 0 Å². The van der Waals surface area contributed by atoms with E-state index in [9.17, 15) is 4.79 Å². The predicted molar refractivity (Wildman–Crippen MR) is 78.3 cm³/mol. The van der Waals surface area contributed by atoms with Crippen LogP contribution in [0.25, 0.3) is 0 Å². The normalized spacial score (nSPS) is 14.8. The van der Waals surface area contributed by atoms with Crippen LogP contribution in [0.3, 0.4) is 0 Å². The van der Waals surface area contributed by atoms with Crippen LogP contribution >= 0.6 is 11.6 Å². The highest BCUT2D eigenvalue weighted by Gasteiger charge is 2.13. The Bertz CT molecular complexity index is 664. The second-order valence-electron chi connectivity index (χ2n) is 4.89. The molecule has 5 nitrogen and oxygen atoms in total. The fourth-order valence-corrected chi connectivity index (χ4v) is 2.60. The van der Waals surface area contributed by atoms with Crippen LogP contribution in [-0.4, -0.2) is 27.9 Å². The minimum absolute atomic E-state index is 0.0951. The molecule has 0 amide bonds. The van der Waals surface area contributed by atoms with Gasteiger partial charge in [0.15, 0.2) is 0 Å². The highest BCUT2D eigenvalue weighted by atomic mass is 35.5. The molecule has 2 aromatic heterocycles. The van der Waals surface area contributed by atoms with Crippen molar-refractivity contribution < 1.29 is 0 Å². The second-order valence-corrected chi connectivity index (χ2v) is 5.28. The van der Waals surface area contributed by atoms with E-state index in [4.69, 9.17) is 11.6 Å². The Morgan fingerprint density at radius 3 is 2.75 bits per heavy atom. The molecule has 1 saturated heterocycles. The monoisotopic (exact) mass is 290 g/mol. The Hall–Kier alpha value is -1.88. The molecule has 0 N–H and O–H groups in total. The number of nitrogens with zero attached hydrogens (tertiary/aromatic N) is 4. The highest BCUT2D eigenvalue weighted by molar-refractivity contribution is 6.29. The summed E-state index contributed by atoms with van der Waals surface area (Å²) < 4.78 is 1.44. The Morgan fingerprint density at radius 1 is 1.25 bits per heavy atom. The first-order chi connectivity index (χ1) is 9.72. The van der Waals surface area contributed by atoms with E-state index in [1.807, 2.05) is 6.07 Å². The molecule has 2 aromatic rings. The number of aromatic nitrogens is 3. The molecule has 1 fully saturated rings. The van der Waals surface area contributed by atoms with Crippen molar-refractivity contribution in [1.82, 2.24) is 14.8 Å². The fraction of sp³-hybridized carbons (Fsp3) is 0.357. The van der Waals surface area contributed by atoms with Crippen molar-refractivity contribution in [2.24, 2.45) is 0 Å². The number of hydrogen-bond acceptors (Lipinski definition) is 4. The van der Waals surface area contributed by atoms with Crippen molar-refractivity contribution in [3.05, 3.63) is 51.7 Å². The van der Waals surface area contributed by atoms with E-state index in [1.165, 1.54) is 17.5 Å². The Kier molecular flexibility index (Phi) is 3.69. The van der Waals surface area contributed by atoms with E-state index in [-0.39, 0.29) is 5.56 Å². The molecule has 0 bridgehead atoms. The lowest BCUT2D eigenvalue weighted by Gasteiger charge is -2.17. The maximum atomic E-state index is 12.1. The van der Waals surface area contributed by atoms with Crippen molar-refractivity contribution in [2.45, 2.75) is 19.4 Å². The summed E-state index contributed by atoms with van der Waals surface area (Å²) >= 11 is 5.84. The molecule has 6 heteroatoms. The predicted octanol–water partition coefficient (Wildman–Crippen LogP) is 1.94. The van der Waals surface area contributed by atoms with Crippen molar-refractivity contribution in [2.75, 3.05) is 18.0 Å². The van der Waals surface area contributed by atoms with E-state index >= 15 is 0 Å². The van der Waals surface area contributed by atoms with Crippen molar-refractivity contribution in [1.29, 1.82) is 0 Å². The maximum Gasteiger partial charge on any atom is 0.269 e. The second kappa shape index (κ2) is 5.63. The Labute approximate surface area is 121 Å². The summed E-state index contributed by atoms with van der Waals surface area (Å²) in [6.45, 7) is 2.41. The van der Waals surface area contributed by atoms with E-state index in [2.05, 4.69) is 15.0 Å². The third kappa shape index (κ3) is 2.82. The van der Waals surface area contributed by atoms with Gasteiger partial charge in [-0.15, -0.1) is 0 Å². The molecule has 0 aromatic carbocycles. The molecule has 0 aliphatic carbocycles. The molecule has 0 saturated carbocycles. The lowest BCUT2D eigenvalue weighted by Crippen LogP contribution is -2.26. The van der Waals surface area contributed by atoms with Crippen LogP contribution in [0.1, 0.15) is 18.4 Å². The van der Waals surface area contributed by atoms with E-state index in [0.717, 1.165) is 24.3 Å². The Balaban J connectivity index is 1.82. The molecule has 0 unspecified atom stereocenters. The number of rotatable bonds is 3. The SMILES string of the molecule is O=c1cc(N2CCCC2)cnn1Cc1ccnc(Cl)c1. The summed E-state index contributed by atoms with van der Waals surface area (Å²) in [5.74, 6) is 0. The van der Waals surface area contributed by atoms with E-state index in [0.29, 0.717) is 11.7 Å². The van der Waals surface area contributed by atoms with Crippen LogP contribution in [0.5, 0.6) is 0 Å². The lowest BCUT2D eigenvalue weighted by molar-refractivity contribution is 0.637. The first-order valence-electron chi connectivity index (χ1n) is 6.65. The van der Waals surface area contributed by atoms with Crippen molar-refractivity contribution in [3.63, 3.8) is 0 Å². The number of pyridine rings is 1. The summed E-state index contributed by atoms with van der Waals surface area (Å²) in [6.07, 6.45) is 5.74. The first-order valence-corrected chi connectivity index (χ1v) is 7.03. The van der Waals surface area contributed by atoms with Gasteiger partial charge >= 0.3 is 0 Å². The number of anilines is 1. The zero-order valence-corrected chi connectivity index (χ0v) is 11.8. The average Bonchev–Trinajstić information content (AvgIpc) is 2.95. The third-order valence-electron chi connectivity index (χ3n) is 3.45. The summed E-state index contributed by atoms with van der Waals surface area (Å²) in [4.78, 5) is 18.2. The first kappa shape index (κ1) is 13.1. The number of hydrogen-bond donors (Lipinski definition) is 0. The zero-order valence-electron chi connectivity index (χ0n) is 11.0. The van der Waals surface area contributed by atoms with Crippen LogP contribution in [0.2, 0.25) is 5.15 Å². The van der Waals surface area contributed by atoms with Gasteiger partial charge in [-0.3, -0.25) is 4.79 Å². The molecule has 0 radical (unpaired) electrons. The molecule has 3 rings (SSSR count). The highest BCUT2D eigenvalue weighted by Crippen LogP contribution is 2.17. The van der Waals surface area contributed by atoms with Gasteiger partial charge in [-0.25, -0.2) is 9.67 Å². The molecular formula is C14H15ClN4O. The quantitative estimate of drug-likeness (QED) is 0.811. The van der Waals surface area contributed by atoms with Crippen molar-refractivity contribution in [3.8, 4) is 0 Å². The maximum absolute atomic E-state index is 12.1. The van der Waals surface area contributed by atoms with E-state index in [1.54, 1.807) is 24.5 Å². The molecule has 1 aliphatic rings. The fourth-order valence-electron chi connectivity index (χ4n) is 2.40. The molecule has 3 heterocycles. The van der Waals surface area contributed by atoms with Gasteiger partial charge in [0.25, 0.3) is 5.56 Å². The zero-order chi connectivity index (χ0) is 13.9. The number of halogens is 1. The third-order valence-corrected chi connectivity index (χ3v) is 3.66. The molecule has 0 atom stereocenters. The largest absolute Gasteiger partial charge is 0.370 e. The van der Waals surface area contributed by atoms with Gasteiger partial charge in [-0.2, -0.15) is 5.10 Å². The average molecular weight is 291 g/mol.